The van der Waals surface area contributed by atoms with Crippen molar-refractivity contribution in [2.75, 3.05) is 12.7 Å². The first-order valence-electron chi connectivity index (χ1n) is 7.60. The molecular weight excluding hydrogens is 277 g/mol. The predicted molar refractivity (Wildman–Crippen MR) is 92.4 cm³/mol. The summed E-state index contributed by atoms with van der Waals surface area (Å²) in [7, 11) is -2.55. The first-order valence-corrected chi connectivity index (χ1v) is 9.49. The third-order valence-corrected chi connectivity index (χ3v) is 7.00. The molecule has 1 N–H and O–H groups in total. The van der Waals surface area contributed by atoms with Gasteiger partial charge in [-0.2, -0.15) is 0 Å². The number of rotatable bonds is 7. The molecule has 2 nitrogen and oxygen atoms in total. The smallest absolute Gasteiger partial charge is 0.144 e. The predicted octanol–water partition coefficient (Wildman–Crippen LogP) is 3.39. The normalized spacial score (nSPS) is 13.0. The van der Waals surface area contributed by atoms with Gasteiger partial charge >= 0.3 is 0 Å². The minimum absolute atomic E-state index is 0.463. The Balaban J connectivity index is 2.25. The van der Waals surface area contributed by atoms with E-state index >= 15 is 0 Å². The van der Waals surface area contributed by atoms with Gasteiger partial charge in [0.15, 0.2) is 0 Å². The Kier molecular flexibility index (Phi) is 5.78. The lowest BCUT2D eigenvalue weighted by atomic mass is 10.3. The van der Waals surface area contributed by atoms with E-state index in [1.54, 1.807) is 0 Å². The van der Waals surface area contributed by atoms with Crippen LogP contribution in [0.2, 0.25) is 0 Å². The fraction of sp³-hybridized carbons (Fsp3) is 0.333. The molecule has 2 aromatic carbocycles. The SMILES string of the molecule is CCC(C)NCCP(=O)(c1ccccc1)c1ccccc1. The van der Waals surface area contributed by atoms with E-state index in [1.165, 1.54) is 0 Å². The van der Waals surface area contributed by atoms with Gasteiger partial charge in [0, 0.05) is 29.4 Å². The zero-order chi connectivity index (χ0) is 15.1. The van der Waals surface area contributed by atoms with Crippen LogP contribution in [0.1, 0.15) is 20.3 Å². The highest BCUT2D eigenvalue weighted by atomic mass is 31.2. The maximum atomic E-state index is 13.6. The van der Waals surface area contributed by atoms with E-state index in [-0.39, 0.29) is 0 Å². The highest BCUT2D eigenvalue weighted by molar-refractivity contribution is 7.78. The first-order chi connectivity index (χ1) is 10.2. The summed E-state index contributed by atoms with van der Waals surface area (Å²) >= 11 is 0. The Bertz CT molecular complexity index is 539. The second-order valence-corrected chi connectivity index (χ2v) is 8.36. The molecule has 0 aliphatic rings. The zero-order valence-electron chi connectivity index (χ0n) is 12.8. The molecule has 1 atom stereocenters. The molecular formula is C18H24NOP. The minimum Gasteiger partial charge on any atom is -0.314 e. The van der Waals surface area contributed by atoms with Crippen molar-refractivity contribution in [3.8, 4) is 0 Å². The summed E-state index contributed by atoms with van der Waals surface area (Å²) in [5.74, 6) is 0. The van der Waals surface area contributed by atoms with E-state index in [0.717, 1.165) is 23.6 Å². The molecule has 0 amide bonds. The number of benzene rings is 2. The molecule has 0 aliphatic heterocycles. The molecule has 3 heteroatoms. The van der Waals surface area contributed by atoms with E-state index in [4.69, 9.17) is 0 Å². The molecule has 0 spiro atoms. The average molecular weight is 301 g/mol. The van der Waals surface area contributed by atoms with Crippen LogP contribution in [0.25, 0.3) is 0 Å². The number of nitrogens with one attached hydrogen (secondary N) is 1. The van der Waals surface area contributed by atoms with Gasteiger partial charge in [0.1, 0.15) is 7.14 Å². The van der Waals surface area contributed by atoms with Gasteiger partial charge in [0.05, 0.1) is 0 Å². The van der Waals surface area contributed by atoms with Gasteiger partial charge in [-0.3, -0.25) is 0 Å². The van der Waals surface area contributed by atoms with Crippen molar-refractivity contribution >= 4 is 17.8 Å². The lowest BCUT2D eigenvalue weighted by Crippen LogP contribution is -2.31. The molecule has 0 heterocycles. The van der Waals surface area contributed by atoms with Crippen LogP contribution in [0.15, 0.2) is 60.7 Å². The molecule has 21 heavy (non-hydrogen) atoms. The highest BCUT2D eigenvalue weighted by Crippen LogP contribution is 2.42. The van der Waals surface area contributed by atoms with E-state index in [1.807, 2.05) is 60.7 Å². The molecule has 0 saturated carbocycles. The standard InChI is InChI=1S/C18H24NOP/c1-3-16(2)19-14-15-21(20,17-10-6-4-7-11-17)18-12-8-5-9-13-18/h4-13,16,19H,3,14-15H2,1-2H3. The van der Waals surface area contributed by atoms with Crippen molar-refractivity contribution in [2.45, 2.75) is 26.3 Å². The van der Waals surface area contributed by atoms with Crippen molar-refractivity contribution in [3.63, 3.8) is 0 Å². The van der Waals surface area contributed by atoms with Gasteiger partial charge in [0.2, 0.25) is 0 Å². The summed E-state index contributed by atoms with van der Waals surface area (Å²) in [6.45, 7) is 5.09. The maximum absolute atomic E-state index is 13.6. The molecule has 0 aliphatic carbocycles. The number of hydrogen-bond acceptors (Lipinski definition) is 2. The molecule has 0 saturated heterocycles. The highest BCUT2D eigenvalue weighted by Gasteiger charge is 2.26. The Hall–Kier alpha value is -1.37. The van der Waals surface area contributed by atoms with E-state index < -0.39 is 7.14 Å². The van der Waals surface area contributed by atoms with Crippen molar-refractivity contribution in [1.82, 2.24) is 5.32 Å². The molecule has 2 rings (SSSR count). The fourth-order valence-corrected chi connectivity index (χ4v) is 4.92. The summed E-state index contributed by atoms with van der Waals surface area (Å²) in [5, 5.41) is 5.35. The summed E-state index contributed by atoms with van der Waals surface area (Å²) in [6.07, 6.45) is 1.74. The van der Waals surface area contributed by atoms with E-state index in [0.29, 0.717) is 12.2 Å². The van der Waals surface area contributed by atoms with Gasteiger partial charge in [-0.25, -0.2) is 0 Å². The van der Waals surface area contributed by atoms with Crippen LogP contribution >= 0.6 is 7.14 Å². The van der Waals surface area contributed by atoms with Crippen LogP contribution in [0, 0.1) is 0 Å². The lowest BCUT2D eigenvalue weighted by Gasteiger charge is -2.21. The van der Waals surface area contributed by atoms with Gasteiger partial charge in [-0.1, -0.05) is 67.6 Å². The summed E-state index contributed by atoms with van der Waals surface area (Å²) in [6, 6.07) is 20.2. The van der Waals surface area contributed by atoms with Crippen LogP contribution in [0.3, 0.4) is 0 Å². The monoisotopic (exact) mass is 301 g/mol. The second-order valence-electron chi connectivity index (χ2n) is 5.40. The molecule has 112 valence electrons. The van der Waals surface area contributed by atoms with Gasteiger partial charge < -0.3 is 9.88 Å². The molecule has 0 fully saturated rings. The van der Waals surface area contributed by atoms with Gasteiger partial charge in [-0.15, -0.1) is 0 Å². The minimum atomic E-state index is -2.55. The van der Waals surface area contributed by atoms with Gasteiger partial charge in [-0.05, 0) is 13.3 Å². The largest absolute Gasteiger partial charge is 0.314 e. The Morgan fingerprint density at radius 3 is 1.86 bits per heavy atom. The van der Waals surface area contributed by atoms with Crippen LogP contribution in [0.4, 0.5) is 0 Å². The van der Waals surface area contributed by atoms with Crippen LogP contribution in [0.5, 0.6) is 0 Å². The van der Waals surface area contributed by atoms with Crippen LogP contribution in [-0.2, 0) is 4.57 Å². The van der Waals surface area contributed by atoms with Crippen LogP contribution < -0.4 is 15.9 Å². The summed E-state index contributed by atoms with van der Waals surface area (Å²) in [4.78, 5) is 0. The molecule has 0 radical (unpaired) electrons. The second kappa shape index (κ2) is 7.59. The van der Waals surface area contributed by atoms with E-state index in [9.17, 15) is 4.57 Å². The topological polar surface area (TPSA) is 29.1 Å². The van der Waals surface area contributed by atoms with Crippen molar-refractivity contribution < 1.29 is 4.57 Å². The average Bonchev–Trinajstić information content (AvgIpc) is 2.56. The van der Waals surface area contributed by atoms with Crippen molar-refractivity contribution in [2.24, 2.45) is 0 Å². The van der Waals surface area contributed by atoms with Crippen molar-refractivity contribution in [3.05, 3.63) is 60.7 Å². The lowest BCUT2D eigenvalue weighted by molar-refractivity contribution is 0.546. The molecule has 1 unspecified atom stereocenters. The van der Waals surface area contributed by atoms with Crippen molar-refractivity contribution in [1.29, 1.82) is 0 Å². The van der Waals surface area contributed by atoms with Gasteiger partial charge in [0.25, 0.3) is 0 Å². The zero-order valence-corrected chi connectivity index (χ0v) is 13.7. The molecule has 2 aromatic rings. The Labute approximate surface area is 128 Å². The van der Waals surface area contributed by atoms with Crippen LogP contribution in [-0.4, -0.2) is 18.7 Å². The Morgan fingerprint density at radius 1 is 0.952 bits per heavy atom. The fourth-order valence-electron chi connectivity index (χ4n) is 2.36. The first kappa shape index (κ1) is 16.0. The third-order valence-electron chi connectivity index (χ3n) is 3.88. The molecule has 0 aromatic heterocycles. The maximum Gasteiger partial charge on any atom is 0.144 e. The van der Waals surface area contributed by atoms with E-state index in [2.05, 4.69) is 19.2 Å². The number of hydrogen-bond donors (Lipinski definition) is 1. The summed E-state index contributed by atoms with van der Waals surface area (Å²) < 4.78 is 13.6. The Morgan fingerprint density at radius 2 is 1.43 bits per heavy atom. The quantitative estimate of drug-likeness (QED) is 0.794. The summed E-state index contributed by atoms with van der Waals surface area (Å²) in [5.41, 5.74) is 0. The molecule has 0 bridgehead atoms. The third kappa shape index (κ3) is 4.06.